The molecule has 0 unspecified atom stereocenters. The van der Waals surface area contributed by atoms with E-state index in [2.05, 4.69) is 10.3 Å². The normalized spacial score (nSPS) is 17.3. The molecule has 1 heterocycles. The number of nitriles is 1. The third-order valence-corrected chi connectivity index (χ3v) is 0.592. The third kappa shape index (κ3) is 0.699. The summed E-state index contributed by atoms with van der Waals surface area (Å²) in [6.07, 6.45) is 1.56. The van der Waals surface area contributed by atoms with Crippen molar-refractivity contribution in [2.45, 2.75) is 0 Å². The van der Waals surface area contributed by atoms with Crippen LogP contribution in [0.25, 0.3) is 0 Å². The fourth-order valence-corrected chi connectivity index (χ4v) is 0.294. The first-order valence-electron chi connectivity index (χ1n) is 1.79. The molecule has 0 spiro atoms. The van der Waals surface area contributed by atoms with E-state index in [-0.39, 0.29) is 0 Å². The zero-order valence-corrected chi connectivity index (χ0v) is 3.51. The van der Waals surface area contributed by atoms with Crippen LogP contribution in [0.1, 0.15) is 0 Å². The number of rotatable bonds is 0. The Morgan fingerprint density at radius 2 is 2.71 bits per heavy atom. The van der Waals surface area contributed by atoms with Crippen molar-refractivity contribution in [2.75, 3.05) is 0 Å². The van der Waals surface area contributed by atoms with Crippen LogP contribution < -0.4 is 5.48 Å². The monoisotopic (exact) mass is 95.0 g/mol. The lowest BCUT2D eigenvalue weighted by Crippen LogP contribution is -2.01. The van der Waals surface area contributed by atoms with Gasteiger partial charge in [-0.2, -0.15) is 5.26 Å². The molecular formula is C4H3N2O. The predicted octanol–water partition coefficient (Wildman–Crippen LogP) is 0.0905. The van der Waals surface area contributed by atoms with Gasteiger partial charge >= 0.3 is 0 Å². The van der Waals surface area contributed by atoms with Gasteiger partial charge in [-0.05, 0) is 6.08 Å². The van der Waals surface area contributed by atoms with Crippen LogP contribution in [0.4, 0.5) is 0 Å². The van der Waals surface area contributed by atoms with Gasteiger partial charge in [-0.15, -0.1) is 0 Å². The summed E-state index contributed by atoms with van der Waals surface area (Å²) in [7, 11) is 0. The molecule has 0 aliphatic carbocycles. The summed E-state index contributed by atoms with van der Waals surface area (Å²) < 4.78 is 0. The second kappa shape index (κ2) is 1.63. The molecule has 0 aromatic carbocycles. The Labute approximate surface area is 41.1 Å². The molecule has 3 heteroatoms. The van der Waals surface area contributed by atoms with Gasteiger partial charge in [-0.1, -0.05) is 0 Å². The second-order valence-electron chi connectivity index (χ2n) is 1.05. The van der Waals surface area contributed by atoms with Crippen LogP contribution in [-0.4, -0.2) is 0 Å². The Morgan fingerprint density at radius 3 is 3.00 bits per heavy atom. The lowest BCUT2D eigenvalue weighted by Gasteiger charge is -1.86. The summed E-state index contributed by atoms with van der Waals surface area (Å²) >= 11 is 0. The average Bonchev–Trinajstić information content (AvgIpc) is 2.14. The minimum Gasteiger partial charge on any atom is -0.265 e. The van der Waals surface area contributed by atoms with Crippen molar-refractivity contribution >= 4 is 0 Å². The third-order valence-electron chi connectivity index (χ3n) is 0.592. The second-order valence-corrected chi connectivity index (χ2v) is 1.05. The Balaban J connectivity index is 2.57. The maximum Gasteiger partial charge on any atom is 0.139 e. The van der Waals surface area contributed by atoms with Crippen molar-refractivity contribution < 1.29 is 4.84 Å². The number of hydrogen-bond donors (Lipinski definition) is 1. The lowest BCUT2D eigenvalue weighted by atomic mass is 10.5. The molecule has 0 saturated heterocycles. The van der Waals surface area contributed by atoms with Gasteiger partial charge in [-0.3, -0.25) is 10.3 Å². The van der Waals surface area contributed by atoms with Gasteiger partial charge in [0.25, 0.3) is 0 Å². The number of nitrogens with zero attached hydrogens (tertiary/aromatic N) is 1. The number of nitrogens with one attached hydrogen (secondary N) is 1. The summed E-state index contributed by atoms with van der Waals surface area (Å²) in [5, 5.41) is 8.09. The van der Waals surface area contributed by atoms with Crippen molar-refractivity contribution in [3.63, 3.8) is 0 Å². The van der Waals surface area contributed by atoms with Crippen LogP contribution in [-0.2, 0) is 4.84 Å². The van der Waals surface area contributed by atoms with Crippen LogP contribution in [0.15, 0.2) is 11.8 Å². The maximum absolute atomic E-state index is 8.09. The predicted molar refractivity (Wildman–Crippen MR) is 22.2 cm³/mol. The zero-order chi connectivity index (χ0) is 5.11. The van der Waals surface area contributed by atoms with Crippen LogP contribution in [0.2, 0.25) is 0 Å². The Kier molecular flexibility index (Phi) is 0.966. The molecule has 0 aromatic rings. The molecule has 1 N–H and O–H groups in total. The fraction of sp³-hybridized carbons (Fsp3) is 0. The molecule has 1 rings (SSSR count). The molecular weight excluding hydrogens is 92.1 g/mol. The van der Waals surface area contributed by atoms with Crippen LogP contribution >= 0.6 is 0 Å². The lowest BCUT2D eigenvalue weighted by molar-refractivity contribution is 0.157. The summed E-state index contributed by atoms with van der Waals surface area (Å²) in [5.41, 5.74) is 2.80. The van der Waals surface area contributed by atoms with Crippen molar-refractivity contribution in [3.8, 4) is 6.07 Å². The van der Waals surface area contributed by atoms with Gasteiger partial charge in [-0.25, -0.2) is 0 Å². The van der Waals surface area contributed by atoms with Crippen molar-refractivity contribution in [2.24, 2.45) is 0 Å². The van der Waals surface area contributed by atoms with Crippen molar-refractivity contribution in [3.05, 3.63) is 18.4 Å². The first-order valence-corrected chi connectivity index (χ1v) is 1.79. The van der Waals surface area contributed by atoms with Crippen LogP contribution in [0, 0.1) is 17.9 Å². The zero-order valence-electron chi connectivity index (χ0n) is 3.51. The van der Waals surface area contributed by atoms with Crippen LogP contribution in [0.5, 0.6) is 0 Å². The highest BCUT2D eigenvalue weighted by molar-refractivity contribution is 5.21. The van der Waals surface area contributed by atoms with Gasteiger partial charge in [0.1, 0.15) is 18.4 Å². The molecule has 0 fully saturated rings. The fourth-order valence-electron chi connectivity index (χ4n) is 0.294. The average molecular weight is 95.1 g/mol. The smallest absolute Gasteiger partial charge is 0.139 e. The summed E-state index contributed by atoms with van der Waals surface area (Å²) in [4.78, 5) is 4.46. The van der Waals surface area contributed by atoms with Gasteiger partial charge < -0.3 is 0 Å². The minimum atomic E-state index is 0.444. The summed E-state index contributed by atoms with van der Waals surface area (Å²) in [6.45, 7) is 1.42. The highest BCUT2D eigenvalue weighted by Crippen LogP contribution is 1.97. The largest absolute Gasteiger partial charge is 0.265 e. The molecule has 1 radical (unpaired) electrons. The molecule has 1 aliphatic rings. The first kappa shape index (κ1) is 4.16. The Hall–Kier alpha value is -1.01. The van der Waals surface area contributed by atoms with E-state index in [0.29, 0.717) is 5.70 Å². The minimum absolute atomic E-state index is 0.444. The highest BCUT2D eigenvalue weighted by Gasteiger charge is 1.99. The quantitative estimate of drug-likeness (QED) is 0.463. The highest BCUT2D eigenvalue weighted by atomic mass is 16.6. The van der Waals surface area contributed by atoms with E-state index in [1.807, 2.05) is 6.07 Å². The number of allylic oxidation sites excluding steroid dienone is 1. The van der Waals surface area contributed by atoms with Crippen molar-refractivity contribution in [1.29, 1.82) is 5.26 Å². The molecule has 0 saturated carbocycles. The van der Waals surface area contributed by atoms with E-state index in [4.69, 9.17) is 5.26 Å². The molecule has 7 heavy (non-hydrogen) atoms. The Morgan fingerprint density at radius 1 is 1.86 bits per heavy atom. The van der Waals surface area contributed by atoms with E-state index in [1.165, 1.54) is 6.61 Å². The topological polar surface area (TPSA) is 45.0 Å². The SMILES string of the molecule is N#CC1=C[CH]ON1. The van der Waals surface area contributed by atoms with Gasteiger partial charge in [0.05, 0.1) is 0 Å². The molecule has 35 valence electrons. The van der Waals surface area contributed by atoms with Gasteiger partial charge in [0.2, 0.25) is 0 Å². The summed E-state index contributed by atoms with van der Waals surface area (Å²) in [5.74, 6) is 0. The summed E-state index contributed by atoms with van der Waals surface area (Å²) in [6, 6.07) is 1.86. The molecule has 3 nitrogen and oxygen atoms in total. The van der Waals surface area contributed by atoms with Gasteiger partial charge in [0, 0.05) is 0 Å². The van der Waals surface area contributed by atoms with E-state index < -0.39 is 0 Å². The first-order chi connectivity index (χ1) is 3.43. The number of hydrogen-bond acceptors (Lipinski definition) is 3. The van der Waals surface area contributed by atoms with E-state index in [1.54, 1.807) is 6.08 Å². The molecule has 0 amide bonds. The van der Waals surface area contributed by atoms with Gasteiger partial charge in [0.15, 0.2) is 0 Å². The van der Waals surface area contributed by atoms with E-state index in [0.717, 1.165) is 0 Å². The molecule has 0 bridgehead atoms. The maximum atomic E-state index is 8.09. The van der Waals surface area contributed by atoms with Crippen molar-refractivity contribution in [1.82, 2.24) is 5.48 Å². The standard InChI is InChI=1S/C4H3N2O/c5-3-4-1-2-7-6-4/h1-2,6H. The van der Waals surface area contributed by atoms with E-state index in [9.17, 15) is 0 Å². The molecule has 0 atom stereocenters. The van der Waals surface area contributed by atoms with E-state index >= 15 is 0 Å². The Bertz CT molecular complexity index is 133. The van der Waals surface area contributed by atoms with Crippen LogP contribution in [0.3, 0.4) is 0 Å². The molecule has 0 aromatic heterocycles. The number of hydroxylamine groups is 1. The molecule has 1 aliphatic heterocycles.